The Hall–Kier alpha value is -1.10. The van der Waals surface area contributed by atoms with Gasteiger partial charge in [0.05, 0.1) is 25.4 Å². The summed E-state index contributed by atoms with van der Waals surface area (Å²) in [6.07, 6.45) is 0.132. The molecule has 2 N–H and O–H groups in total. The van der Waals surface area contributed by atoms with Crippen molar-refractivity contribution in [1.29, 1.82) is 0 Å². The van der Waals surface area contributed by atoms with E-state index >= 15 is 0 Å². The fraction of sp³-hybridized carbons (Fsp3) is 0.571. The SMILES string of the molecule is CCC(O)c1ccccc1N1CCOC(CO)C1. The monoisotopic (exact) mass is 251 g/mol. The number of aliphatic hydroxyl groups is 2. The quantitative estimate of drug-likeness (QED) is 0.847. The van der Waals surface area contributed by atoms with Crippen LogP contribution in [0.2, 0.25) is 0 Å². The number of hydrogen-bond acceptors (Lipinski definition) is 4. The molecule has 0 spiro atoms. The first-order valence-electron chi connectivity index (χ1n) is 6.50. The molecule has 2 atom stereocenters. The predicted molar refractivity (Wildman–Crippen MR) is 70.7 cm³/mol. The van der Waals surface area contributed by atoms with Gasteiger partial charge in [0, 0.05) is 24.3 Å². The number of morpholine rings is 1. The molecule has 1 aromatic rings. The van der Waals surface area contributed by atoms with E-state index in [0.717, 1.165) is 17.8 Å². The molecule has 1 heterocycles. The highest BCUT2D eigenvalue weighted by Crippen LogP contribution is 2.29. The van der Waals surface area contributed by atoms with Gasteiger partial charge in [0.15, 0.2) is 0 Å². The highest BCUT2D eigenvalue weighted by molar-refractivity contribution is 5.55. The lowest BCUT2D eigenvalue weighted by Gasteiger charge is -2.35. The topological polar surface area (TPSA) is 52.9 Å². The van der Waals surface area contributed by atoms with Crippen LogP contribution in [-0.2, 0) is 4.74 Å². The highest BCUT2D eigenvalue weighted by Gasteiger charge is 2.22. The summed E-state index contributed by atoms with van der Waals surface area (Å²) in [5.41, 5.74) is 2.01. The fourth-order valence-corrected chi connectivity index (χ4v) is 2.33. The lowest BCUT2D eigenvalue weighted by molar-refractivity contribution is 0.00341. The summed E-state index contributed by atoms with van der Waals surface area (Å²) in [4.78, 5) is 2.18. The minimum Gasteiger partial charge on any atom is -0.394 e. The Balaban J connectivity index is 2.21. The maximum atomic E-state index is 10.1. The van der Waals surface area contributed by atoms with Crippen LogP contribution in [0.25, 0.3) is 0 Å². The third-order valence-corrected chi connectivity index (χ3v) is 3.37. The summed E-state index contributed by atoms with van der Waals surface area (Å²) < 4.78 is 5.45. The van der Waals surface area contributed by atoms with E-state index in [-0.39, 0.29) is 12.7 Å². The standard InChI is InChI=1S/C14H21NO3/c1-2-14(17)12-5-3-4-6-13(12)15-7-8-18-11(9-15)10-16/h3-6,11,14,16-17H,2,7-10H2,1H3. The van der Waals surface area contributed by atoms with Gasteiger partial charge in [0.25, 0.3) is 0 Å². The van der Waals surface area contributed by atoms with Crippen molar-refractivity contribution in [3.63, 3.8) is 0 Å². The molecule has 2 rings (SSSR count). The molecule has 4 heteroatoms. The highest BCUT2D eigenvalue weighted by atomic mass is 16.5. The van der Waals surface area contributed by atoms with Crippen LogP contribution in [0.5, 0.6) is 0 Å². The minimum absolute atomic E-state index is 0.0367. The molecule has 0 radical (unpaired) electrons. The molecule has 2 unspecified atom stereocenters. The van der Waals surface area contributed by atoms with Crippen molar-refractivity contribution in [2.45, 2.75) is 25.6 Å². The molecular formula is C14H21NO3. The molecule has 1 aliphatic rings. The summed E-state index contributed by atoms with van der Waals surface area (Å²) >= 11 is 0. The van der Waals surface area contributed by atoms with Gasteiger partial charge in [-0.25, -0.2) is 0 Å². The van der Waals surface area contributed by atoms with Gasteiger partial charge in [-0.3, -0.25) is 0 Å². The molecule has 18 heavy (non-hydrogen) atoms. The molecule has 0 aliphatic carbocycles. The summed E-state index contributed by atoms with van der Waals surface area (Å²) in [5, 5.41) is 19.2. The summed E-state index contributed by atoms with van der Waals surface area (Å²) in [6, 6.07) is 7.91. The first kappa shape index (κ1) is 13.3. The Bertz CT molecular complexity index is 383. The molecule has 0 saturated carbocycles. The molecule has 1 fully saturated rings. The Morgan fingerprint density at radius 1 is 1.44 bits per heavy atom. The van der Waals surface area contributed by atoms with Gasteiger partial charge in [-0.2, -0.15) is 0 Å². The van der Waals surface area contributed by atoms with Crippen molar-refractivity contribution in [2.75, 3.05) is 31.2 Å². The number of anilines is 1. The van der Waals surface area contributed by atoms with Crippen LogP contribution in [-0.4, -0.2) is 42.6 Å². The zero-order valence-electron chi connectivity index (χ0n) is 10.7. The lowest BCUT2D eigenvalue weighted by atomic mass is 10.0. The van der Waals surface area contributed by atoms with Crippen LogP contribution in [0.4, 0.5) is 5.69 Å². The molecular weight excluding hydrogens is 230 g/mol. The first-order chi connectivity index (χ1) is 8.76. The summed E-state index contributed by atoms with van der Waals surface area (Å²) in [5.74, 6) is 0. The van der Waals surface area contributed by atoms with Gasteiger partial charge < -0.3 is 19.8 Å². The normalized spacial score (nSPS) is 21.9. The minimum atomic E-state index is -0.434. The van der Waals surface area contributed by atoms with Crippen molar-refractivity contribution in [1.82, 2.24) is 0 Å². The Labute approximate surface area is 108 Å². The number of benzene rings is 1. The van der Waals surface area contributed by atoms with Crippen LogP contribution in [0.3, 0.4) is 0 Å². The van der Waals surface area contributed by atoms with Crippen molar-refractivity contribution in [2.24, 2.45) is 0 Å². The van der Waals surface area contributed by atoms with Gasteiger partial charge in [-0.1, -0.05) is 25.1 Å². The van der Waals surface area contributed by atoms with E-state index in [1.807, 2.05) is 31.2 Å². The molecule has 0 aromatic heterocycles. The lowest BCUT2D eigenvalue weighted by Crippen LogP contribution is -2.44. The van der Waals surface area contributed by atoms with Crippen LogP contribution in [0, 0.1) is 0 Å². The second-order valence-electron chi connectivity index (χ2n) is 4.60. The van der Waals surface area contributed by atoms with Crippen molar-refractivity contribution in [3.8, 4) is 0 Å². The van der Waals surface area contributed by atoms with Crippen molar-refractivity contribution in [3.05, 3.63) is 29.8 Å². The first-order valence-corrected chi connectivity index (χ1v) is 6.50. The number of nitrogens with zero attached hydrogens (tertiary/aromatic N) is 1. The van der Waals surface area contributed by atoms with Gasteiger partial charge in [0.2, 0.25) is 0 Å². The van der Waals surface area contributed by atoms with Gasteiger partial charge in [-0.05, 0) is 12.5 Å². The van der Waals surface area contributed by atoms with Crippen LogP contribution in [0.15, 0.2) is 24.3 Å². The van der Waals surface area contributed by atoms with E-state index < -0.39 is 6.10 Å². The number of ether oxygens (including phenoxy) is 1. The molecule has 0 amide bonds. The number of aliphatic hydroxyl groups excluding tert-OH is 2. The third-order valence-electron chi connectivity index (χ3n) is 3.37. The Morgan fingerprint density at radius 2 is 2.22 bits per heavy atom. The molecule has 1 aliphatic heterocycles. The van der Waals surface area contributed by atoms with Gasteiger partial charge in [-0.15, -0.1) is 0 Å². The van der Waals surface area contributed by atoms with Gasteiger partial charge >= 0.3 is 0 Å². The van der Waals surface area contributed by atoms with E-state index in [1.165, 1.54) is 0 Å². The second kappa shape index (κ2) is 6.18. The van der Waals surface area contributed by atoms with Crippen molar-refractivity contribution >= 4 is 5.69 Å². The summed E-state index contributed by atoms with van der Waals surface area (Å²) in [6.45, 7) is 4.09. The molecule has 0 bridgehead atoms. The number of para-hydroxylation sites is 1. The second-order valence-corrected chi connectivity index (χ2v) is 4.60. The fourth-order valence-electron chi connectivity index (χ4n) is 2.33. The maximum absolute atomic E-state index is 10.1. The third kappa shape index (κ3) is 2.83. The summed E-state index contributed by atoms with van der Waals surface area (Å²) in [7, 11) is 0. The zero-order valence-corrected chi connectivity index (χ0v) is 10.7. The van der Waals surface area contributed by atoms with E-state index in [4.69, 9.17) is 4.74 Å². The average molecular weight is 251 g/mol. The van der Waals surface area contributed by atoms with E-state index in [9.17, 15) is 10.2 Å². The average Bonchev–Trinajstić information content (AvgIpc) is 2.46. The Morgan fingerprint density at radius 3 is 2.94 bits per heavy atom. The molecule has 4 nitrogen and oxygen atoms in total. The molecule has 1 aromatic carbocycles. The predicted octanol–water partition coefficient (Wildman–Crippen LogP) is 1.33. The Kier molecular flexibility index (Phi) is 4.58. The smallest absolute Gasteiger partial charge is 0.0980 e. The van der Waals surface area contributed by atoms with E-state index in [0.29, 0.717) is 19.6 Å². The van der Waals surface area contributed by atoms with Crippen molar-refractivity contribution < 1.29 is 14.9 Å². The van der Waals surface area contributed by atoms with Crippen LogP contribution in [0.1, 0.15) is 25.0 Å². The van der Waals surface area contributed by atoms with Crippen LogP contribution >= 0.6 is 0 Å². The largest absolute Gasteiger partial charge is 0.394 e. The van der Waals surface area contributed by atoms with Crippen LogP contribution < -0.4 is 4.90 Å². The van der Waals surface area contributed by atoms with E-state index in [2.05, 4.69) is 4.90 Å². The molecule has 1 saturated heterocycles. The zero-order chi connectivity index (χ0) is 13.0. The number of hydrogen-bond donors (Lipinski definition) is 2. The van der Waals surface area contributed by atoms with Gasteiger partial charge in [0.1, 0.15) is 0 Å². The maximum Gasteiger partial charge on any atom is 0.0980 e. The number of rotatable bonds is 4. The van der Waals surface area contributed by atoms with E-state index in [1.54, 1.807) is 0 Å². The molecule has 100 valence electrons.